The van der Waals surface area contributed by atoms with Gasteiger partial charge in [-0.1, -0.05) is 13.8 Å². The molecule has 2 fully saturated rings. The molecule has 19 heavy (non-hydrogen) atoms. The molecule has 0 radical (unpaired) electrons. The maximum absolute atomic E-state index is 5.61. The van der Waals surface area contributed by atoms with Gasteiger partial charge in [0.05, 0.1) is 6.10 Å². The zero-order valence-corrected chi connectivity index (χ0v) is 13.0. The van der Waals surface area contributed by atoms with Crippen LogP contribution in [0.25, 0.3) is 0 Å². The summed E-state index contributed by atoms with van der Waals surface area (Å²) in [6.07, 6.45) is 5.86. The van der Waals surface area contributed by atoms with Gasteiger partial charge in [0.15, 0.2) is 0 Å². The summed E-state index contributed by atoms with van der Waals surface area (Å²) in [5.41, 5.74) is 0. The Bertz CT molecular complexity index is 253. The van der Waals surface area contributed by atoms with E-state index in [0.29, 0.717) is 6.10 Å². The van der Waals surface area contributed by atoms with E-state index < -0.39 is 0 Å². The smallest absolute Gasteiger partial charge is 0.0724 e. The third kappa shape index (κ3) is 4.44. The van der Waals surface area contributed by atoms with Crippen molar-refractivity contribution in [2.75, 3.05) is 39.8 Å². The van der Waals surface area contributed by atoms with E-state index in [1.807, 2.05) is 7.11 Å². The Hall–Kier alpha value is -0.120. The van der Waals surface area contributed by atoms with Crippen LogP contribution in [0.15, 0.2) is 0 Å². The summed E-state index contributed by atoms with van der Waals surface area (Å²) < 4.78 is 5.61. The number of piperidine rings is 2. The molecule has 0 aliphatic carbocycles. The fourth-order valence-electron chi connectivity index (χ4n) is 3.59. The van der Waals surface area contributed by atoms with Crippen molar-refractivity contribution in [2.24, 2.45) is 17.8 Å². The van der Waals surface area contributed by atoms with E-state index in [2.05, 4.69) is 24.1 Å². The summed E-state index contributed by atoms with van der Waals surface area (Å²) in [5.74, 6) is 2.48. The molecule has 2 heterocycles. The highest BCUT2D eigenvalue weighted by Crippen LogP contribution is 2.24. The maximum Gasteiger partial charge on any atom is 0.0724 e. The molecule has 2 rings (SSSR count). The predicted molar refractivity (Wildman–Crippen MR) is 80.4 cm³/mol. The molecule has 3 heteroatoms. The average molecular weight is 268 g/mol. The normalized spacial score (nSPS) is 35.2. The first-order valence-corrected chi connectivity index (χ1v) is 8.16. The first kappa shape index (κ1) is 15.3. The largest absolute Gasteiger partial charge is 0.380 e. The van der Waals surface area contributed by atoms with Crippen LogP contribution in [-0.2, 0) is 4.74 Å². The number of rotatable bonds is 5. The number of hydrogen-bond donors (Lipinski definition) is 1. The zero-order valence-electron chi connectivity index (χ0n) is 13.0. The molecule has 4 atom stereocenters. The van der Waals surface area contributed by atoms with Crippen LogP contribution in [0.5, 0.6) is 0 Å². The van der Waals surface area contributed by atoms with Gasteiger partial charge in [-0.2, -0.15) is 0 Å². The Morgan fingerprint density at radius 1 is 1.37 bits per heavy atom. The fraction of sp³-hybridized carbons (Fsp3) is 1.00. The summed E-state index contributed by atoms with van der Waals surface area (Å²) in [4.78, 5) is 2.61. The monoisotopic (exact) mass is 268 g/mol. The Morgan fingerprint density at radius 3 is 2.89 bits per heavy atom. The van der Waals surface area contributed by atoms with E-state index in [9.17, 15) is 0 Å². The van der Waals surface area contributed by atoms with E-state index in [-0.39, 0.29) is 0 Å². The van der Waals surface area contributed by atoms with Gasteiger partial charge < -0.3 is 15.0 Å². The highest BCUT2D eigenvalue weighted by molar-refractivity contribution is 4.80. The van der Waals surface area contributed by atoms with Gasteiger partial charge in [-0.25, -0.2) is 0 Å². The number of nitrogens with zero attached hydrogens (tertiary/aromatic N) is 1. The lowest BCUT2D eigenvalue weighted by molar-refractivity contribution is -0.00685. The molecule has 2 aliphatic heterocycles. The lowest BCUT2D eigenvalue weighted by Gasteiger charge is -2.37. The highest BCUT2D eigenvalue weighted by Gasteiger charge is 2.27. The molecule has 1 N–H and O–H groups in total. The number of hydrogen-bond acceptors (Lipinski definition) is 3. The van der Waals surface area contributed by atoms with Crippen LogP contribution in [0.1, 0.15) is 39.5 Å². The van der Waals surface area contributed by atoms with Crippen LogP contribution in [-0.4, -0.2) is 50.8 Å². The standard InChI is InChI=1S/C16H32N2O/c1-13(15-5-4-8-17-11-15)6-9-18-10-7-14(2)16(12-18)19-3/h13-17H,4-12H2,1-3H3. The second kappa shape index (κ2) is 7.61. The molecule has 4 unspecified atom stereocenters. The summed E-state index contributed by atoms with van der Waals surface area (Å²) in [7, 11) is 1.86. The van der Waals surface area contributed by atoms with Crippen LogP contribution >= 0.6 is 0 Å². The summed E-state index contributed by atoms with van der Waals surface area (Å²) in [6, 6.07) is 0. The molecule has 3 nitrogen and oxygen atoms in total. The molecule has 0 bridgehead atoms. The van der Waals surface area contributed by atoms with Gasteiger partial charge in [0.25, 0.3) is 0 Å². The second-order valence-corrected chi connectivity index (χ2v) is 6.71. The molecule has 2 saturated heterocycles. The quantitative estimate of drug-likeness (QED) is 0.828. The number of likely N-dealkylation sites (tertiary alicyclic amines) is 1. The maximum atomic E-state index is 5.61. The minimum atomic E-state index is 0.445. The minimum Gasteiger partial charge on any atom is -0.380 e. The van der Waals surface area contributed by atoms with Crippen LogP contribution in [0.3, 0.4) is 0 Å². The third-order valence-corrected chi connectivity index (χ3v) is 5.32. The van der Waals surface area contributed by atoms with Crippen molar-refractivity contribution in [3.8, 4) is 0 Å². The Balaban J connectivity index is 1.69. The lowest BCUT2D eigenvalue weighted by Crippen LogP contribution is -2.44. The van der Waals surface area contributed by atoms with Crippen LogP contribution in [0.2, 0.25) is 0 Å². The van der Waals surface area contributed by atoms with Gasteiger partial charge in [0.2, 0.25) is 0 Å². The summed E-state index contributed by atoms with van der Waals surface area (Å²) in [5, 5.41) is 3.54. The molecule has 2 aliphatic rings. The Morgan fingerprint density at radius 2 is 2.21 bits per heavy atom. The van der Waals surface area contributed by atoms with E-state index in [0.717, 1.165) is 24.3 Å². The number of ether oxygens (including phenoxy) is 1. The van der Waals surface area contributed by atoms with E-state index >= 15 is 0 Å². The van der Waals surface area contributed by atoms with Crippen molar-refractivity contribution >= 4 is 0 Å². The van der Waals surface area contributed by atoms with Crippen molar-refractivity contribution in [3.63, 3.8) is 0 Å². The molecule has 0 aromatic carbocycles. The zero-order chi connectivity index (χ0) is 13.7. The molecular formula is C16H32N2O. The van der Waals surface area contributed by atoms with Crippen LogP contribution < -0.4 is 5.32 Å². The van der Waals surface area contributed by atoms with Crippen molar-refractivity contribution in [1.82, 2.24) is 10.2 Å². The molecule has 0 amide bonds. The third-order valence-electron chi connectivity index (χ3n) is 5.32. The molecular weight excluding hydrogens is 236 g/mol. The molecule has 112 valence electrons. The average Bonchev–Trinajstić information content (AvgIpc) is 2.47. The van der Waals surface area contributed by atoms with Gasteiger partial charge in [0.1, 0.15) is 0 Å². The molecule has 0 aromatic heterocycles. The first-order chi connectivity index (χ1) is 9.20. The van der Waals surface area contributed by atoms with Gasteiger partial charge in [-0.05, 0) is 69.6 Å². The van der Waals surface area contributed by atoms with Crippen LogP contribution in [0, 0.1) is 17.8 Å². The predicted octanol–water partition coefficient (Wildman–Crippen LogP) is 2.37. The Labute approximate surface area is 119 Å². The van der Waals surface area contributed by atoms with Crippen molar-refractivity contribution in [1.29, 1.82) is 0 Å². The van der Waals surface area contributed by atoms with Gasteiger partial charge in [0, 0.05) is 13.7 Å². The molecule has 0 spiro atoms. The lowest BCUT2D eigenvalue weighted by atomic mass is 9.85. The minimum absolute atomic E-state index is 0.445. The van der Waals surface area contributed by atoms with Gasteiger partial charge in [-0.3, -0.25) is 0 Å². The molecule has 0 aromatic rings. The van der Waals surface area contributed by atoms with Crippen LogP contribution in [0.4, 0.5) is 0 Å². The van der Waals surface area contributed by atoms with Crippen molar-refractivity contribution < 1.29 is 4.74 Å². The van der Waals surface area contributed by atoms with E-state index in [1.165, 1.54) is 51.9 Å². The molecule has 0 saturated carbocycles. The number of nitrogens with one attached hydrogen (secondary N) is 1. The van der Waals surface area contributed by atoms with Crippen molar-refractivity contribution in [3.05, 3.63) is 0 Å². The fourth-order valence-corrected chi connectivity index (χ4v) is 3.59. The Kier molecular flexibility index (Phi) is 6.11. The van der Waals surface area contributed by atoms with Crippen molar-refractivity contribution in [2.45, 2.75) is 45.6 Å². The first-order valence-electron chi connectivity index (χ1n) is 8.16. The highest BCUT2D eigenvalue weighted by atomic mass is 16.5. The topological polar surface area (TPSA) is 24.5 Å². The van der Waals surface area contributed by atoms with E-state index in [1.54, 1.807) is 0 Å². The summed E-state index contributed by atoms with van der Waals surface area (Å²) in [6.45, 7) is 10.9. The second-order valence-electron chi connectivity index (χ2n) is 6.71. The van der Waals surface area contributed by atoms with Gasteiger partial charge >= 0.3 is 0 Å². The SMILES string of the molecule is COC1CN(CCC(C)C2CCCNC2)CCC1C. The van der Waals surface area contributed by atoms with Gasteiger partial charge in [-0.15, -0.1) is 0 Å². The number of methoxy groups -OCH3 is 1. The summed E-state index contributed by atoms with van der Waals surface area (Å²) >= 11 is 0. The van der Waals surface area contributed by atoms with E-state index in [4.69, 9.17) is 4.74 Å².